The Morgan fingerprint density at radius 1 is 1.19 bits per heavy atom. The van der Waals surface area contributed by atoms with Crippen molar-refractivity contribution in [3.8, 4) is 0 Å². The van der Waals surface area contributed by atoms with Crippen LogP contribution in [0.3, 0.4) is 0 Å². The topological polar surface area (TPSA) is 71.4 Å². The Hall–Kier alpha value is -2.20. The molecule has 0 saturated heterocycles. The molecule has 0 saturated carbocycles. The molecule has 5 heteroatoms. The van der Waals surface area contributed by atoms with Gasteiger partial charge in [0.15, 0.2) is 11.5 Å². The second-order valence-electron chi connectivity index (χ2n) is 4.66. The molecule has 0 spiro atoms. The molecule has 1 aliphatic rings. The van der Waals surface area contributed by atoms with Crippen molar-refractivity contribution in [3.63, 3.8) is 0 Å². The van der Waals surface area contributed by atoms with Crippen molar-refractivity contribution in [2.75, 3.05) is 0 Å². The van der Waals surface area contributed by atoms with Gasteiger partial charge in [-0.2, -0.15) is 0 Å². The summed E-state index contributed by atoms with van der Waals surface area (Å²) in [6.45, 7) is 1.85. The van der Waals surface area contributed by atoms with Crippen LogP contribution in [-0.4, -0.2) is 21.9 Å². The number of allylic oxidation sites excluding steroid dienone is 4. The molecular weight excluding hydrogens is 292 g/mol. The van der Waals surface area contributed by atoms with Crippen LogP contribution in [0.15, 0.2) is 47.2 Å². The van der Waals surface area contributed by atoms with Crippen LogP contribution in [0.4, 0.5) is 0 Å². The standard InChI is InChI=1S/C16H13ClO4/c1-2-5-9(16(17)21)8-12-13(18)10-6-3-4-7-11(10)14(19)15(12)20/h3-4,6-8,20H,2,5H2,1H3/b9-8+. The maximum atomic E-state index is 12.4. The summed E-state index contributed by atoms with van der Waals surface area (Å²) in [4.78, 5) is 35.8. The Kier molecular flexibility index (Phi) is 4.38. The van der Waals surface area contributed by atoms with E-state index in [1.54, 1.807) is 12.1 Å². The van der Waals surface area contributed by atoms with Gasteiger partial charge in [-0.15, -0.1) is 0 Å². The molecule has 0 amide bonds. The molecule has 1 aromatic carbocycles. The zero-order valence-corrected chi connectivity index (χ0v) is 12.1. The highest BCUT2D eigenvalue weighted by Crippen LogP contribution is 2.27. The second kappa shape index (κ2) is 6.06. The van der Waals surface area contributed by atoms with Gasteiger partial charge in [-0.05, 0) is 24.1 Å². The highest BCUT2D eigenvalue weighted by atomic mass is 35.5. The fourth-order valence-corrected chi connectivity index (χ4v) is 2.34. The first-order chi connectivity index (χ1) is 9.97. The summed E-state index contributed by atoms with van der Waals surface area (Å²) >= 11 is 5.47. The van der Waals surface area contributed by atoms with Crippen LogP contribution in [0.5, 0.6) is 0 Å². The zero-order chi connectivity index (χ0) is 15.6. The molecule has 4 nitrogen and oxygen atoms in total. The molecule has 0 fully saturated rings. The van der Waals surface area contributed by atoms with Gasteiger partial charge < -0.3 is 5.11 Å². The van der Waals surface area contributed by atoms with Gasteiger partial charge in [0.25, 0.3) is 0 Å². The molecule has 2 rings (SSSR count). The molecule has 21 heavy (non-hydrogen) atoms. The normalized spacial score (nSPS) is 15.2. The average molecular weight is 305 g/mol. The Morgan fingerprint density at radius 3 is 2.29 bits per heavy atom. The van der Waals surface area contributed by atoms with Crippen LogP contribution in [0.2, 0.25) is 0 Å². The van der Waals surface area contributed by atoms with E-state index < -0.39 is 22.6 Å². The molecular formula is C16H13ClO4. The number of benzene rings is 1. The van der Waals surface area contributed by atoms with Gasteiger partial charge >= 0.3 is 0 Å². The number of ketones is 2. The minimum Gasteiger partial charge on any atom is -0.504 e. The predicted octanol–water partition coefficient (Wildman–Crippen LogP) is 3.37. The van der Waals surface area contributed by atoms with Crippen molar-refractivity contribution in [1.29, 1.82) is 0 Å². The molecule has 108 valence electrons. The van der Waals surface area contributed by atoms with Crippen LogP contribution >= 0.6 is 11.6 Å². The van der Waals surface area contributed by atoms with Crippen LogP contribution in [0.25, 0.3) is 0 Å². The average Bonchev–Trinajstić information content (AvgIpc) is 2.48. The van der Waals surface area contributed by atoms with Gasteiger partial charge in [0.05, 0.1) is 5.57 Å². The van der Waals surface area contributed by atoms with E-state index in [0.717, 1.165) is 0 Å². The first kappa shape index (κ1) is 15.2. The molecule has 0 atom stereocenters. The molecule has 0 aromatic heterocycles. The van der Waals surface area contributed by atoms with E-state index in [0.29, 0.717) is 12.8 Å². The molecule has 1 aromatic rings. The molecule has 0 heterocycles. The first-order valence-electron chi connectivity index (χ1n) is 6.49. The summed E-state index contributed by atoms with van der Waals surface area (Å²) < 4.78 is 0. The molecule has 1 N–H and O–H groups in total. The van der Waals surface area contributed by atoms with E-state index in [9.17, 15) is 19.5 Å². The van der Waals surface area contributed by atoms with Crippen molar-refractivity contribution in [1.82, 2.24) is 0 Å². The lowest BCUT2D eigenvalue weighted by molar-refractivity contribution is -0.108. The van der Waals surface area contributed by atoms with E-state index in [2.05, 4.69) is 0 Å². The molecule has 1 aliphatic carbocycles. The van der Waals surface area contributed by atoms with E-state index in [1.165, 1.54) is 18.2 Å². The third-order valence-corrected chi connectivity index (χ3v) is 3.46. The van der Waals surface area contributed by atoms with Gasteiger partial charge in [-0.3, -0.25) is 14.4 Å². The van der Waals surface area contributed by atoms with Crippen molar-refractivity contribution in [3.05, 3.63) is 58.4 Å². The Bertz CT molecular complexity index is 698. The first-order valence-corrected chi connectivity index (χ1v) is 6.87. The number of hydrogen-bond acceptors (Lipinski definition) is 4. The third kappa shape index (κ3) is 2.81. The van der Waals surface area contributed by atoms with Gasteiger partial charge in [-0.25, -0.2) is 0 Å². The maximum Gasteiger partial charge on any atom is 0.248 e. The predicted molar refractivity (Wildman–Crippen MR) is 78.6 cm³/mol. The van der Waals surface area contributed by atoms with E-state index >= 15 is 0 Å². The number of rotatable bonds is 4. The van der Waals surface area contributed by atoms with Gasteiger partial charge in [-0.1, -0.05) is 37.6 Å². The van der Waals surface area contributed by atoms with E-state index in [4.69, 9.17) is 11.6 Å². The summed E-state index contributed by atoms with van der Waals surface area (Å²) in [5, 5.41) is 9.27. The quantitative estimate of drug-likeness (QED) is 0.684. The van der Waals surface area contributed by atoms with Gasteiger partial charge in [0, 0.05) is 16.7 Å². The number of carbonyl (C=O) groups is 3. The lowest BCUT2D eigenvalue weighted by atomic mass is 9.87. The van der Waals surface area contributed by atoms with Crippen LogP contribution in [0, 0.1) is 0 Å². The number of hydrogen-bond donors (Lipinski definition) is 1. The third-order valence-electron chi connectivity index (χ3n) is 3.22. The van der Waals surface area contributed by atoms with Crippen LogP contribution in [-0.2, 0) is 4.79 Å². The minimum absolute atomic E-state index is 0.159. The second-order valence-corrected chi connectivity index (χ2v) is 5.00. The summed E-state index contributed by atoms with van der Waals surface area (Å²) in [6.07, 6.45) is 2.23. The summed E-state index contributed by atoms with van der Waals surface area (Å²) in [6, 6.07) is 6.24. The minimum atomic E-state index is -0.698. The lowest BCUT2D eigenvalue weighted by Gasteiger charge is -2.16. The number of aliphatic hydroxyl groups excluding tert-OH is 1. The highest BCUT2D eigenvalue weighted by molar-refractivity contribution is 6.67. The van der Waals surface area contributed by atoms with E-state index in [-0.39, 0.29) is 22.3 Å². The molecule has 0 radical (unpaired) electrons. The Labute approximate surface area is 126 Å². The fraction of sp³-hybridized carbons (Fsp3) is 0.188. The summed E-state index contributed by atoms with van der Waals surface area (Å²) in [5.74, 6) is -1.77. The van der Waals surface area contributed by atoms with Crippen molar-refractivity contribution >= 4 is 28.4 Å². The van der Waals surface area contributed by atoms with Crippen molar-refractivity contribution < 1.29 is 19.5 Å². The largest absolute Gasteiger partial charge is 0.504 e. The van der Waals surface area contributed by atoms with Crippen molar-refractivity contribution in [2.24, 2.45) is 0 Å². The Balaban J connectivity index is 2.57. The number of Topliss-reactive ketones (excluding diaryl/α,β-unsaturated/α-hetero) is 2. The molecule has 0 bridgehead atoms. The summed E-state index contributed by atoms with van der Waals surface area (Å²) in [5.41, 5.74) is 0.383. The van der Waals surface area contributed by atoms with Crippen molar-refractivity contribution in [2.45, 2.75) is 19.8 Å². The van der Waals surface area contributed by atoms with Gasteiger partial charge in [0.2, 0.25) is 11.0 Å². The fourth-order valence-electron chi connectivity index (χ4n) is 2.19. The smallest absolute Gasteiger partial charge is 0.248 e. The van der Waals surface area contributed by atoms with Gasteiger partial charge in [0.1, 0.15) is 0 Å². The van der Waals surface area contributed by atoms with Crippen LogP contribution in [0.1, 0.15) is 40.5 Å². The summed E-state index contributed by atoms with van der Waals surface area (Å²) in [7, 11) is 0. The number of aliphatic hydroxyl groups is 1. The Morgan fingerprint density at radius 2 is 1.76 bits per heavy atom. The highest BCUT2D eigenvalue weighted by Gasteiger charge is 2.31. The number of halogens is 1. The molecule has 0 unspecified atom stereocenters. The number of carbonyl (C=O) groups excluding carboxylic acids is 3. The zero-order valence-electron chi connectivity index (χ0n) is 11.4. The van der Waals surface area contributed by atoms with E-state index in [1.807, 2.05) is 6.92 Å². The lowest BCUT2D eigenvalue weighted by Crippen LogP contribution is -2.21. The monoisotopic (exact) mass is 304 g/mol. The maximum absolute atomic E-state index is 12.4. The number of fused-ring (bicyclic) bond motifs is 1. The molecule has 0 aliphatic heterocycles. The SMILES string of the molecule is CCC/C(=C\C1=C(O)C(=O)c2ccccc2C1=O)C(=O)Cl. The van der Waals surface area contributed by atoms with Crippen LogP contribution < -0.4 is 0 Å².